The average molecular weight is 387 g/mol. The topological polar surface area (TPSA) is 77.5 Å². The van der Waals surface area contributed by atoms with E-state index in [0.29, 0.717) is 45.3 Å². The third-order valence-corrected chi connectivity index (χ3v) is 4.99. The number of benzene rings is 1. The lowest BCUT2D eigenvalue weighted by atomic mass is 10.2. The lowest BCUT2D eigenvalue weighted by Gasteiger charge is -2.35. The normalized spacial score (nSPS) is 16.8. The molecule has 1 aromatic rings. The van der Waals surface area contributed by atoms with E-state index in [0.717, 1.165) is 18.7 Å². The molecule has 1 N–H and O–H groups in total. The van der Waals surface area contributed by atoms with E-state index < -0.39 is 0 Å². The Balaban J connectivity index is 1.59. The molecule has 1 fully saturated rings. The van der Waals surface area contributed by atoms with Crippen molar-refractivity contribution in [2.45, 2.75) is 20.3 Å². The zero-order valence-corrected chi connectivity index (χ0v) is 16.7. The van der Waals surface area contributed by atoms with Gasteiger partial charge in [0.2, 0.25) is 5.91 Å². The molecule has 3 rings (SSSR count). The van der Waals surface area contributed by atoms with Crippen molar-refractivity contribution < 1.29 is 14.3 Å². The van der Waals surface area contributed by atoms with Gasteiger partial charge < -0.3 is 24.8 Å². The first-order valence-electron chi connectivity index (χ1n) is 9.97. The van der Waals surface area contributed by atoms with Gasteiger partial charge in [0, 0.05) is 45.0 Å². The highest BCUT2D eigenvalue weighted by molar-refractivity contribution is 5.98. The first-order valence-corrected chi connectivity index (χ1v) is 9.97. The predicted molar refractivity (Wildman–Crippen MR) is 109 cm³/mol. The molecule has 8 heteroatoms. The maximum absolute atomic E-state index is 12.7. The fraction of sp³-hybridized carbons (Fsp3) is 0.550. The molecule has 0 saturated carbocycles. The van der Waals surface area contributed by atoms with Gasteiger partial charge in [0.1, 0.15) is 6.54 Å². The number of hydrogen-bond acceptors (Lipinski definition) is 4. The predicted octanol–water partition coefficient (Wildman–Crippen LogP) is 1.32. The second-order valence-electron chi connectivity index (χ2n) is 6.77. The van der Waals surface area contributed by atoms with Crippen LogP contribution < -0.4 is 10.2 Å². The minimum Gasteiger partial charge on any atom is -0.450 e. The standard InChI is InChI=1S/C20H29N5O3/c1-3-21-19(23-11-13-24(14-12-23)20(27)28-4-2)22-15-18(26)25-10-9-16-7-5-6-8-17(16)25/h5-8H,3-4,9-15H2,1-2H3,(H,21,22). The van der Waals surface area contributed by atoms with Gasteiger partial charge in [0.15, 0.2) is 5.96 Å². The van der Waals surface area contributed by atoms with Gasteiger partial charge in [0.25, 0.3) is 0 Å². The number of aliphatic imine (C=N–C) groups is 1. The Morgan fingerprint density at radius 3 is 2.50 bits per heavy atom. The Morgan fingerprint density at radius 1 is 1.07 bits per heavy atom. The molecule has 0 radical (unpaired) electrons. The molecule has 0 spiro atoms. The summed E-state index contributed by atoms with van der Waals surface area (Å²) < 4.78 is 5.06. The third-order valence-electron chi connectivity index (χ3n) is 4.99. The SMILES string of the molecule is CCNC(=NCC(=O)N1CCc2ccccc21)N1CCN(C(=O)OCC)CC1. The number of anilines is 1. The van der Waals surface area contributed by atoms with Crippen molar-refractivity contribution in [1.29, 1.82) is 0 Å². The second kappa shape index (κ2) is 9.43. The van der Waals surface area contributed by atoms with E-state index in [9.17, 15) is 9.59 Å². The highest BCUT2D eigenvalue weighted by Gasteiger charge is 2.26. The molecule has 0 aliphatic carbocycles. The molecule has 1 aromatic carbocycles. The average Bonchev–Trinajstić information content (AvgIpc) is 3.15. The number of piperazine rings is 1. The van der Waals surface area contributed by atoms with E-state index in [2.05, 4.69) is 21.3 Å². The molecule has 0 bridgehead atoms. The second-order valence-corrected chi connectivity index (χ2v) is 6.77. The van der Waals surface area contributed by atoms with Gasteiger partial charge in [-0.1, -0.05) is 18.2 Å². The van der Waals surface area contributed by atoms with E-state index >= 15 is 0 Å². The van der Waals surface area contributed by atoms with Crippen LogP contribution in [0.4, 0.5) is 10.5 Å². The number of hydrogen-bond donors (Lipinski definition) is 1. The van der Waals surface area contributed by atoms with Crippen LogP contribution in [-0.2, 0) is 16.0 Å². The Kier molecular flexibility index (Phi) is 6.73. The minimum absolute atomic E-state index is 0.00510. The highest BCUT2D eigenvalue weighted by atomic mass is 16.6. The first kappa shape index (κ1) is 20.0. The maximum Gasteiger partial charge on any atom is 0.409 e. The van der Waals surface area contributed by atoms with Gasteiger partial charge in [0.05, 0.1) is 6.61 Å². The van der Waals surface area contributed by atoms with Gasteiger partial charge in [-0.05, 0) is 31.9 Å². The summed E-state index contributed by atoms with van der Waals surface area (Å²) in [6.07, 6.45) is 0.619. The number of guanidine groups is 1. The summed E-state index contributed by atoms with van der Waals surface area (Å²) in [5.41, 5.74) is 2.21. The molecule has 0 atom stereocenters. The fourth-order valence-electron chi connectivity index (χ4n) is 3.57. The lowest BCUT2D eigenvalue weighted by molar-refractivity contribution is -0.117. The number of ether oxygens (including phenoxy) is 1. The number of carbonyl (C=O) groups excluding carboxylic acids is 2. The van der Waals surface area contributed by atoms with Crippen molar-refractivity contribution in [2.24, 2.45) is 4.99 Å². The Morgan fingerprint density at radius 2 is 1.79 bits per heavy atom. The fourth-order valence-corrected chi connectivity index (χ4v) is 3.57. The molecular formula is C20H29N5O3. The van der Waals surface area contributed by atoms with E-state index in [4.69, 9.17) is 4.74 Å². The van der Waals surface area contributed by atoms with E-state index in [1.165, 1.54) is 5.56 Å². The largest absolute Gasteiger partial charge is 0.450 e. The van der Waals surface area contributed by atoms with Crippen molar-refractivity contribution in [3.8, 4) is 0 Å². The van der Waals surface area contributed by atoms with E-state index in [-0.39, 0.29) is 18.5 Å². The molecule has 0 unspecified atom stereocenters. The number of para-hydroxylation sites is 1. The molecule has 2 heterocycles. The molecule has 2 aliphatic rings. The molecule has 28 heavy (non-hydrogen) atoms. The van der Waals surface area contributed by atoms with Crippen molar-refractivity contribution in [2.75, 3.05) is 57.3 Å². The van der Waals surface area contributed by atoms with Crippen molar-refractivity contribution in [1.82, 2.24) is 15.1 Å². The van der Waals surface area contributed by atoms with Crippen LogP contribution in [0.3, 0.4) is 0 Å². The molecule has 0 aromatic heterocycles. The molecular weight excluding hydrogens is 358 g/mol. The Labute approximate surface area is 166 Å². The Hall–Kier alpha value is -2.77. The number of carbonyl (C=O) groups is 2. The van der Waals surface area contributed by atoms with Gasteiger partial charge in [-0.2, -0.15) is 0 Å². The van der Waals surface area contributed by atoms with Crippen LogP contribution in [0.25, 0.3) is 0 Å². The summed E-state index contributed by atoms with van der Waals surface area (Å²) in [6.45, 7) is 8.20. The van der Waals surface area contributed by atoms with Gasteiger partial charge in [-0.3, -0.25) is 4.79 Å². The van der Waals surface area contributed by atoms with Crippen LogP contribution in [-0.4, -0.2) is 80.2 Å². The number of amides is 2. The summed E-state index contributed by atoms with van der Waals surface area (Å²) in [7, 11) is 0. The molecule has 1 saturated heterocycles. The van der Waals surface area contributed by atoms with Crippen LogP contribution in [0.1, 0.15) is 19.4 Å². The van der Waals surface area contributed by atoms with Crippen molar-refractivity contribution in [3.63, 3.8) is 0 Å². The summed E-state index contributed by atoms with van der Waals surface area (Å²) in [6, 6.07) is 8.02. The zero-order chi connectivity index (χ0) is 19.9. The number of nitrogens with zero attached hydrogens (tertiary/aromatic N) is 4. The summed E-state index contributed by atoms with van der Waals surface area (Å²) in [4.78, 5) is 34.7. The maximum atomic E-state index is 12.7. The van der Waals surface area contributed by atoms with Crippen molar-refractivity contribution >= 4 is 23.6 Å². The molecule has 8 nitrogen and oxygen atoms in total. The third kappa shape index (κ3) is 4.55. The quantitative estimate of drug-likeness (QED) is 0.623. The number of fused-ring (bicyclic) bond motifs is 1. The van der Waals surface area contributed by atoms with Crippen LogP contribution in [0, 0.1) is 0 Å². The van der Waals surface area contributed by atoms with Gasteiger partial charge in [-0.15, -0.1) is 0 Å². The zero-order valence-electron chi connectivity index (χ0n) is 16.7. The van der Waals surface area contributed by atoms with Crippen LogP contribution in [0.5, 0.6) is 0 Å². The van der Waals surface area contributed by atoms with Crippen LogP contribution in [0.2, 0.25) is 0 Å². The van der Waals surface area contributed by atoms with E-state index in [1.54, 1.807) is 11.8 Å². The Bertz CT molecular complexity index is 728. The van der Waals surface area contributed by atoms with Crippen LogP contribution >= 0.6 is 0 Å². The van der Waals surface area contributed by atoms with Gasteiger partial charge >= 0.3 is 6.09 Å². The van der Waals surface area contributed by atoms with Crippen LogP contribution in [0.15, 0.2) is 29.3 Å². The smallest absolute Gasteiger partial charge is 0.409 e. The monoisotopic (exact) mass is 387 g/mol. The summed E-state index contributed by atoms with van der Waals surface area (Å²) >= 11 is 0. The molecule has 152 valence electrons. The number of nitrogens with one attached hydrogen (secondary N) is 1. The lowest BCUT2D eigenvalue weighted by Crippen LogP contribution is -2.54. The van der Waals surface area contributed by atoms with Crippen molar-refractivity contribution in [3.05, 3.63) is 29.8 Å². The highest BCUT2D eigenvalue weighted by Crippen LogP contribution is 2.27. The number of rotatable bonds is 4. The van der Waals surface area contributed by atoms with Gasteiger partial charge in [-0.25, -0.2) is 9.79 Å². The minimum atomic E-state index is -0.271. The first-order chi connectivity index (χ1) is 13.6. The molecule has 2 aliphatic heterocycles. The molecule has 2 amide bonds. The summed E-state index contributed by atoms with van der Waals surface area (Å²) in [5.74, 6) is 0.720. The summed E-state index contributed by atoms with van der Waals surface area (Å²) in [5, 5.41) is 3.26. The van der Waals surface area contributed by atoms with E-state index in [1.807, 2.05) is 30.0 Å².